The molecule has 0 radical (unpaired) electrons. The highest BCUT2D eigenvalue weighted by atomic mass is 19.1. The fraction of sp³-hybridized carbons (Fsp3) is 0.684. The van der Waals surface area contributed by atoms with E-state index in [1.54, 1.807) is 11.8 Å². The third-order valence-electron chi connectivity index (χ3n) is 6.13. The SMILES string of the molecule is CC1(F)CN(C(=O)C23CCCCC2C3)CCN(c2cnc(C#N)cn2)C1. The Morgan fingerprint density at radius 2 is 2.15 bits per heavy atom. The molecule has 0 bridgehead atoms. The predicted octanol–water partition coefficient (Wildman–Crippen LogP) is 2.31. The van der Waals surface area contributed by atoms with E-state index in [1.165, 1.54) is 18.8 Å². The van der Waals surface area contributed by atoms with Crippen LogP contribution in [-0.4, -0.2) is 52.6 Å². The normalized spacial score (nSPS) is 33.8. The summed E-state index contributed by atoms with van der Waals surface area (Å²) in [5.41, 5.74) is -1.48. The Bertz CT molecular complexity index is 743. The molecule has 138 valence electrons. The maximum absolute atomic E-state index is 15.2. The van der Waals surface area contributed by atoms with Gasteiger partial charge >= 0.3 is 0 Å². The quantitative estimate of drug-likeness (QED) is 0.812. The van der Waals surface area contributed by atoms with Crippen LogP contribution in [0.15, 0.2) is 12.4 Å². The van der Waals surface area contributed by atoms with E-state index < -0.39 is 5.67 Å². The van der Waals surface area contributed by atoms with E-state index in [0.717, 1.165) is 25.7 Å². The molecule has 2 saturated carbocycles. The van der Waals surface area contributed by atoms with Crippen LogP contribution in [0.3, 0.4) is 0 Å². The summed E-state index contributed by atoms with van der Waals surface area (Å²) in [5, 5.41) is 8.84. The van der Waals surface area contributed by atoms with Gasteiger partial charge in [0, 0.05) is 13.1 Å². The Balaban J connectivity index is 1.50. The first-order valence-electron chi connectivity index (χ1n) is 9.39. The van der Waals surface area contributed by atoms with Gasteiger partial charge in [-0.1, -0.05) is 12.8 Å². The number of rotatable bonds is 2. The average molecular weight is 357 g/mol. The molecule has 0 spiro atoms. The van der Waals surface area contributed by atoms with Crippen LogP contribution < -0.4 is 4.90 Å². The third-order valence-corrected chi connectivity index (χ3v) is 6.13. The molecule has 3 unspecified atom stereocenters. The van der Waals surface area contributed by atoms with Gasteiger partial charge in [0.15, 0.2) is 5.69 Å². The predicted molar refractivity (Wildman–Crippen MR) is 94.1 cm³/mol. The number of hydrogen-bond acceptors (Lipinski definition) is 5. The van der Waals surface area contributed by atoms with Crippen LogP contribution in [0.2, 0.25) is 0 Å². The summed E-state index contributed by atoms with van der Waals surface area (Å²) in [4.78, 5) is 25.0. The molecule has 0 aromatic carbocycles. The lowest BCUT2D eigenvalue weighted by Crippen LogP contribution is -2.46. The van der Waals surface area contributed by atoms with Gasteiger partial charge in [-0.05, 0) is 32.1 Å². The number of alkyl halides is 1. The molecule has 1 saturated heterocycles. The second kappa shape index (κ2) is 6.19. The zero-order valence-electron chi connectivity index (χ0n) is 15.1. The van der Waals surface area contributed by atoms with E-state index in [4.69, 9.17) is 5.26 Å². The lowest BCUT2D eigenvalue weighted by Gasteiger charge is -2.31. The molecule has 1 aromatic heterocycles. The number of halogens is 1. The largest absolute Gasteiger partial charge is 0.350 e. The number of amides is 1. The monoisotopic (exact) mass is 357 g/mol. The van der Waals surface area contributed by atoms with Gasteiger partial charge in [-0.2, -0.15) is 5.26 Å². The molecule has 4 rings (SSSR count). The molecule has 2 aliphatic carbocycles. The van der Waals surface area contributed by atoms with Crippen LogP contribution in [0.5, 0.6) is 0 Å². The van der Waals surface area contributed by atoms with Gasteiger partial charge in [0.05, 0.1) is 30.9 Å². The van der Waals surface area contributed by atoms with Crippen LogP contribution in [0.1, 0.15) is 44.7 Å². The Hall–Kier alpha value is -2.23. The van der Waals surface area contributed by atoms with Crippen LogP contribution in [-0.2, 0) is 4.79 Å². The van der Waals surface area contributed by atoms with E-state index in [2.05, 4.69) is 9.97 Å². The zero-order chi connectivity index (χ0) is 18.4. The molecular formula is C19H24FN5O. The number of aromatic nitrogens is 2. The van der Waals surface area contributed by atoms with Crippen molar-refractivity contribution < 1.29 is 9.18 Å². The van der Waals surface area contributed by atoms with Crippen LogP contribution in [0.4, 0.5) is 10.2 Å². The van der Waals surface area contributed by atoms with E-state index in [-0.39, 0.29) is 30.1 Å². The van der Waals surface area contributed by atoms with Gasteiger partial charge in [-0.15, -0.1) is 0 Å². The molecule has 1 aliphatic heterocycles. The fourth-order valence-electron chi connectivity index (χ4n) is 4.74. The van der Waals surface area contributed by atoms with Crippen molar-refractivity contribution in [2.24, 2.45) is 11.3 Å². The number of fused-ring (bicyclic) bond motifs is 1. The van der Waals surface area contributed by atoms with Crippen molar-refractivity contribution in [3.8, 4) is 6.07 Å². The van der Waals surface area contributed by atoms with Crippen molar-refractivity contribution in [3.05, 3.63) is 18.1 Å². The topological polar surface area (TPSA) is 73.1 Å². The summed E-state index contributed by atoms with van der Waals surface area (Å²) in [6, 6.07) is 1.93. The molecule has 7 heteroatoms. The van der Waals surface area contributed by atoms with Crippen LogP contribution in [0.25, 0.3) is 0 Å². The molecule has 2 heterocycles. The molecule has 3 atom stereocenters. The number of carbonyl (C=O) groups excluding carboxylic acids is 1. The van der Waals surface area contributed by atoms with Crippen molar-refractivity contribution in [1.29, 1.82) is 5.26 Å². The lowest BCUT2D eigenvalue weighted by atomic mass is 9.87. The van der Waals surface area contributed by atoms with Crippen LogP contribution in [0, 0.1) is 22.7 Å². The molecule has 3 fully saturated rings. The van der Waals surface area contributed by atoms with E-state index in [9.17, 15) is 4.79 Å². The Morgan fingerprint density at radius 1 is 1.31 bits per heavy atom. The van der Waals surface area contributed by atoms with Gasteiger partial charge in [-0.25, -0.2) is 14.4 Å². The first-order valence-corrected chi connectivity index (χ1v) is 9.39. The number of nitrogens with zero attached hydrogens (tertiary/aromatic N) is 5. The van der Waals surface area contributed by atoms with Gasteiger partial charge < -0.3 is 9.80 Å². The summed E-state index contributed by atoms with van der Waals surface area (Å²) in [6.07, 6.45) is 8.30. The summed E-state index contributed by atoms with van der Waals surface area (Å²) in [7, 11) is 0. The van der Waals surface area contributed by atoms with E-state index in [1.807, 2.05) is 11.0 Å². The van der Waals surface area contributed by atoms with Crippen molar-refractivity contribution >= 4 is 11.7 Å². The van der Waals surface area contributed by atoms with Crippen molar-refractivity contribution in [2.75, 3.05) is 31.1 Å². The Kier molecular flexibility index (Phi) is 4.09. The molecular weight excluding hydrogens is 333 g/mol. The maximum atomic E-state index is 15.2. The standard InChI is InChI=1S/C19H24FN5O/c1-18(20)12-24(16-11-22-15(9-21)10-23-16)6-7-25(13-18)17(26)19-5-3-2-4-14(19)8-19/h10-11,14H,2-8,12-13H2,1H3. The highest BCUT2D eigenvalue weighted by molar-refractivity contribution is 5.86. The summed E-state index contributed by atoms with van der Waals surface area (Å²) in [5.74, 6) is 1.21. The number of anilines is 1. The summed E-state index contributed by atoms with van der Waals surface area (Å²) >= 11 is 0. The third kappa shape index (κ3) is 3.02. The number of hydrogen-bond donors (Lipinski definition) is 0. The lowest BCUT2D eigenvalue weighted by molar-refractivity contribution is -0.139. The molecule has 6 nitrogen and oxygen atoms in total. The summed E-state index contributed by atoms with van der Waals surface area (Å²) < 4.78 is 15.2. The van der Waals surface area contributed by atoms with Gasteiger partial charge in [0.1, 0.15) is 17.6 Å². The molecule has 3 aliphatic rings. The Labute approximate surface area is 153 Å². The number of nitriles is 1. The van der Waals surface area contributed by atoms with Gasteiger partial charge in [-0.3, -0.25) is 4.79 Å². The minimum absolute atomic E-state index is 0.126. The fourth-order valence-corrected chi connectivity index (χ4v) is 4.74. The van der Waals surface area contributed by atoms with E-state index in [0.29, 0.717) is 24.8 Å². The van der Waals surface area contributed by atoms with Crippen molar-refractivity contribution in [3.63, 3.8) is 0 Å². The maximum Gasteiger partial charge on any atom is 0.229 e. The van der Waals surface area contributed by atoms with E-state index >= 15 is 4.39 Å². The second-order valence-electron chi connectivity index (χ2n) is 8.24. The molecule has 26 heavy (non-hydrogen) atoms. The first kappa shape index (κ1) is 17.2. The smallest absolute Gasteiger partial charge is 0.229 e. The van der Waals surface area contributed by atoms with Crippen molar-refractivity contribution in [1.82, 2.24) is 14.9 Å². The molecule has 1 aromatic rings. The molecule has 0 N–H and O–H groups in total. The Morgan fingerprint density at radius 3 is 2.85 bits per heavy atom. The second-order valence-corrected chi connectivity index (χ2v) is 8.24. The van der Waals surface area contributed by atoms with Crippen molar-refractivity contribution in [2.45, 2.75) is 44.7 Å². The summed E-state index contributed by atoms with van der Waals surface area (Å²) in [6.45, 7) is 2.85. The average Bonchev–Trinajstić information content (AvgIpc) is 3.41. The number of carbonyl (C=O) groups is 1. The van der Waals surface area contributed by atoms with Gasteiger partial charge in [0.25, 0.3) is 0 Å². The highest BCUT2D eigenvalue weighted by Crippen LogP contribution is 2.62. The molecule has 1 amide bonds. The van der Waals surface area contributed by atoms with Crippen LogP contribution >= 0.6 is 0 Å². The minimum Gasteiger partial charge on any atom is -0.350 e. The first-order chi connectivity index (χ1) is 12.4. The minimum atomic E-state index is -1.52. The van der Waals surface area contributed by atoms with Gasteiger partial charge in [0.2, 0.25) is 5.91 Å². The zero-order valence-corrected chi connectivity index (χ0v) is 15.1. The highest BCUT2D eigenvalue weighted by Gasteiger charge is 2.61.